The van der Waals surface area contributed by atoms with Crippen molar-refractivity contribution in [1.82, 2.24) is 14.5 Å². The molecule has 2 heterocycles. The van der Waals surface area contributed by atoms with Crippen molar-refractivity contribution < 1.29 is 4.39 Å². The molecule has 0 spiro atoms. The van der Waals surface area contributed by atoms with E-state index < -0.39 is 0 Å². The van der Waals surface area contributed by atoms with Crippen molar-refractivity contribution in [2.24, 2.45) is 7.05 Å². The molecule has 2 aromatic rings. The minimum atomic E-state index is -0.384. The van der Waals surface area contributed by atoms with Crippen LogP contribution in [-0.4, -0.2) is 14.5 Å². The van der Waals surface area contributed by atoms with Gasteiger partial charge in [-0.25, -0.2) is 14.4 Å². The highest BCUT2D eigenvalue weighted by Crippen LogP contribution is 2.20. The number of halogens is 1. The molecule has 76 valence electrons. The zero-order valence-corrected chi connectivity index (χ0v) is 8.45. The number of fused-ring (bicyclic) bond motifs is 1. The molecule has 0 radical (unpaired) electrons. The Hall–Kier alpha value is -1.65. The zero-order valence-electron chi connectivity index (χ0n) is 8.45. The fraction of sp³-hybridized carbons (Fsp3) is 0.333. The van der Waals surface area contributed by atoms with Crippen molar-refractivity contribution in [3.05, 3.63) is 18.3 Å². The molecule has 0 fully saturated rings. The Morgan fingerprint density at radius 1 is 1.36 bits per heavy atom. The van der Waals surface area contributed by atoms with Gasteiger partial charge in [-0.05, 0) is 0 Å². The van der Waals surface area contributed by atoms with Crippen LogP contribution >= 0.6 is 0 Å². The molecular formula is C9H13FN4. The quantitative estimate of drug-likeness (QED) is 0.697. The van der Waals surface area contributed by atoms with E-state index in [1.54, 1.807) is 11.6 Å². The van der Waals surface area contributed by atoms with Gasteiger partial charge in [-0.2, -0.15) is 0 Å². The van der Waals surface area contributed by atoms with E-state index in [0.717, 1.165) is 0 Å². The second-order valence-electron chi connectivity index (χ2n) is 2.55. The molecule has 2 aromatic heterocycles. The fourth-order valence-electron chi connectivity index (χ4n) is 1.18. The number of nitrogens with two attached hydrogens (primary N) is 1. The molecule has 0 aliphatic heterocycles. The lowest BCUT2D eigenvalue weighted by molar-refractivity contribution is 0.633. The first-order valence-electron chi connectivity index (χ1n) is 4.41. The number of anilines is 1. The van der Waals surface area contributed by atoms with Crippen LogP contribution in [0.15, 0.2) is 12.5 Å². The van der Waals surface area contributed by atoms with E-state index in [1.165, 1.54) is 12.5 Å². The molecule has 0 aromatic carbocycles. The van der Waals surface area contributed by atoms with Crippen molar-refractivity contribution in [2.45, 2.75) is 13.8 Å². The smallest absolute Gasteiger partial charge is 0.154 e. The number of hydrogen-bond donors (Lipinski definition) is 1. The van der Waals surface area contributed by atoms with Crippen molar-refractivity contribution >= 4 is 16.9 Å². The van der Waals surface area contributed by atoms with E-state index in [2.05, 4.69) is 9.97 Å². The molecule has 0 amide bonds. The Bertz CT molecular complexity index is 436. The monoisotopic (exact) mass is 196 g/mol. The van der Waals surface area contributed by atoms with Gasteiger partial charge in [0, 0.05) is 13.2 Å². The van der Waals surface area contributed by atoms with E-state index >= 15 is 0 Å². The van der Waals surface area contributed by atoms with Gasteiger partial charge in [0.1, 0.15) is 17.8 Å². The standard InChI is InChI=1S/C7H7FN4.C2H6/c1-12-2-4(8)5-6(9)10-3-11-7(5)12;1-2/h2-3H,1H3,(H2,9,10,11);1-2H3. The summed E-state index contributed by atoms with van der Waals surface area (Å²) in [5, 5.41) is 0.292. The molecule has 2 N–H and O–H groups in total. The predicted octanol–water partition coefficient (Wildman–Crippen LogP) is 1.72. The summed E-state index contributed by atoms with van der Waals surface area (Å²) in [7, 11) is 1.71. The van der Waals surface area contributed by atoms with Crippen LogP contribution in [0.4, 0.5) is 10.2 Å². The topological polar surface area (TPSA) is 56.7 Å². The van der Waals surface area contributed by atoms with Crippen LogP contribution in [0.25, 0.3) is 11.0 Å². The summed E-state index contributed by atoms with van der Waals surface area (Å²) in [6.45, 7) is 4.00. The van der Waals surface area contributed by atoms with Crippen LogP contribution < -0.4 is 5.73 Å². The van der Waals surface area contributed by atoms with Gasteiger partial charge in [0.15, 0.2) is 5.82 Å². The van der Waals surface area contributed by atoms with Crippen molar-refractivity contribution in [1.29, 1.82) is 0 Å². The largest absolute Gasteiger partial charge is 0.383 e. The van der Waals surface area contributed by atoms with E-state index in [4.69, 9.17) is 5.73 Å². The lowest BCUT2D eigenvalue weighted by Gasteiger charge is -1.94. The molecule has 14 heavy (non-hydrogen) atoms. The van der Waals surface area contributed by atoms with Crippen LogP contribution in [0.2, 0.25) is 0 Å². The van der Waals surface area contributed by atoms with Gasteiger partial charge in [0.05, 0.1) is 5.39 Å². The highest BCUT2D eigenvalue weighted by atomic mass is 19.1. The molecular weight excluding hydrogens is 183 g/mol. The number of nitrogens with zero attached hydrogens (tertiary/aromatic N) is 3. The van der Waals surface area contributed by atoms with Gasteiger partial charge in [0.25, 0.3) is 0 Å². The maximum atomic E-state index is 13.1. The number of nitrogen functional groups attached to an aromatic ring is 1. The van der Waals surface area contributed by atoms with E-state index in [0.29, 0.717) is 11.0 Å². The highest BCUT2D eigenvalue weighted by molar-refractivity contribution is 5.86. The maximum absolute atomic E-state index is 13.1. The fourth-order valence-corrected chi connectivity index (χ4v) is 1.18. The first-order chi connectivity index (χ1) is 6.70. The van der Waals surface area contributed by atoms with Crippen LogP contribution in [0, 0.1) is 5.82 Å². The molecule has 0 aliphatic carbocycles. The molecule has 0 aliphatic rings. The van der Waals surface area contributed by atoms with Crippen LogP contribution in [0.3, 0.4) is 0 Å². The summed E-state index contributed by atoms with van der Waals surface area (Å²) in [6.07, 6.45) is 2.65. The second-order valence-corrected chi connectivity index (χ2v) is 2.55. The molecule has 0 atom stereocenters. The van der Waals surface area contributed by atoms with Gasteiger partial charge in [0.2, 0.25) is 0 Å². The van der Waals surface area contributed by atoms with Crippen molar-refractivity contribution in [2.75, 3.05) is 5.73 Å². The van der Waals surface area contributed by atoms with Crippen LogP contribution in [0.1, 0.15) is 13.8 Å². The van der Waals surface area contributed by atoms with E-state index in [9.17, 15) is 4.39 Å². The van der Waals surface area contributed by atoms with Crippen molar-refractivity contribution in [3.63, 3.8) is 0 Å². The minimum Gasteiger partial charge on any atom is -0.383 e. The third-order valence-electron chi connectivity index (χ3n) is 1.74. The highest BCUT2D eigenvalue weighted by Gasteiger charge is 2.10. The SMILES string of the molecule is CC.Cn1cc(F)c2c(N)ncnc21. The average Bonchev–Trinajstić information content (AvgIpc) is 2.47. The Balaban J connectivity index is 0.000000461. The molecule has 0 saturated heterocycles. The van der Waals surface area contributed by atoms with E-state index in [-0.39, 0.29) is 11.6 Å². The van der Waals surface area contributed by atoms with Gasteiger partial charge in [-0.15, -0.1) is 0 Å². The van der Waals surface area contributed by atoms with Gasteiger partial charge in [-0.3, -0.25) is 0 Å². The number of aromatic nitrogens is 3. The second kappa shape index (κ2) is 4.04. The summed E-state index contributed by atoms with van der Waals surface area (Å²) in [6, 6.07) is 0. The summed E-state index contributed by atoms with van der Waals surface area (Å²) in [5.74, 6) is -0.205. The normalized spacial score (nSPS) is 9.71. The Morgan fingerprint density at radius 2 is 2.00 bits per heavy atom. The number of aryl methyl sites for hydroxylation is 1. The summed E-state index contributed by atoms with van der Waals surface area (Å²) in [4.78, 5) is 7.59. The molecule has 0 saturated carbocycles. The maximum Gasteiger partial charge on any atom is 0.154 e. The van der Waals surface area contributed by atoms with Gasteiger partial charge in [-0.1, -0.05) is 13.8 Å². The average molecular weight is 196 g/mol. The molecule has 0 bridgehead atoms. The Labute approximate surface area is 81.6 Å². The zero-order chi connectivity index (χ0) is 10.7. The first-order valence-corrected chi connectivity index (χ1v) is 4.41. The van der Waals surface area contributed by atoms with Crippen molar-refractivity contribution in [3.8, 4) is 0 Å². The summed E-state index contributed by atoms with van der Waals surface area (Å²) >= 11 is 0. The van der Waals surface area contributed by atoms with Crippen LogP contribution in [-0.2, 0) is 7.05 Å². The summed E-state index contributed by atoms with van der Waals surface area (Å²) < 4.78 is 14.7. The Morgan fingerprint density at radius 3 is 2.57 bits per heavy atom. The van der Waals surface area contributed by atoms with Crippen LogP contribution in [0.5, 0.6) is 0 Å². The molecule has 4 nitrogen and oxygen atoms in total. The van der Waals surface area contributed by atoms with Gasteiger partial charge < -0.3 is 10.3 Å². The predicted molar refractivity (Wildman–Crippen MR) is 54.2 cm³/mol. The third-order valence-corrected chi connectivity index (χ3v) is 1.74. The lowest BCUT2D eigenvalue weighted by Crippen LogP contribution is -1.94. The van der Waals surface area contributed by atoms with E-state index in [1.807, 2.05) is 13.8 Å². The minimum absolute atomic E-state index is 0.179. The molecule has 5 heteroatoms. The Kier molecular flexibility index (Phi) is 3.01. The molecule has 0 unspecified atom stereocenters. The first kappa shape index (κ1) is 10.4. The third kappa shape index (κ3) is 1.53. The lowest BCUT2D eigenvalue weighted by atomic mass is 10.4. The number of hydrogen-bond acceptors (Lipinski definition) is 3. The molecule has 2 rings (SSSR count). The summed E-state index contributed by atoms with van der Waals surface area (Å²) in [5.41, 5.74) is 5.98. The number of rotatable bonds is 0. The van der Waals surface area contributed by atoms with Gasteiger partial charge >= 0.3 is 0 Å².